The van der Waals surface area contributed by atoms with Crippen LogP contribution >= 0.6 is 0 Å². The molecule has 0 aromatic carbocycles. The molecule has 1 aliphatic rings. The number of likely N-dealkylation sites (N-methyl/N-ethyl adjacent to an activating group) is 1. The summed E-state index contributed by atoms with van der Waals surface area (Å²) in [5, 5.41) is 2.83. The van der Waals surface area contributed by atoms with Crippen LogP contribution in [0.15, 0.2) is 0 Å². The van der Waals surface area contributed by atoms with Gasteiger partial charge in [0.05, 0.1) is 13.7 Å². The van der Waals surface area contributed by atoms with Gasteiger partial charge in [-0.3, -0.25) is 9.69 Å². The van der Waals surface area contributed by atoms with Crippen molar-refractivity contribution in [2.75, 3.05) is 34.3 Å². The lowest BCUT2D eigenvalue weighted by molar-refractivity contribution is -0.145. The fourth-order valence-electron chi connectivity index (χ4n) is 2.38. The number of nitrogens with zero attached hydrogens (tertiary/aromatic N) is 2. The highest BCUT2D eigenvalue weighted by Gasteiger charge is 2.42. The number of nitrogens with one attached hydrogen (secondary N) is 1. The van der Waals surface area contributed by atoms with E-state index in [2.05, 4.69) is 5.32 Å². The van der Waals surface area contributed by atoms with Gasteiger partial charge >= 0.3 is 12.1 Å². The SMILES string of the molecule is COC(=O)[C@@H]1CC(NC(=O)CN(C)C)CN1C(=O)OC(C)(C)C. The number of hydrogen-bond acceptors (Lipinski definition) is 6. The molecule has 23 heavy (non-hydrogen) atoms. The molecule has 1 N–H and O–H groups in total. The highest BCUT2D eigenvalue weighted by molar-refractivity contribution is 5.83. The van der Waals surface area contributed by atoms with E-state index in [9.17, 15) is 14.4 Å². The zero-order valence-electron chi connectivity index (χ0n) is 14.7. The molecule has 1 saturated heterocycles. The van der Waals surface area contributed by atoms with E-state index in [1.165, 1.54) is 12.0 Å². The van der Waals surface area contributed by atoms with Crippen molar-refractivity contribution < 1.29 is 23.9 Å². The fourth-order valence-corrected chi connectivity index (χ4v) is 2.38. The molecule has 0 saturated carbocycles. The number of rotatable bonds is 4. The lowest BCUT2D eigenvalue weighted by Gasteiger charge is -2.27. The molecular formula is C15H27N3O5. The van der Waals surface area contributed by atoms with E-state index in [0.717, 1.165) is 0 Å². The van der Waals surface area contributed by atoms with Gasteiger partial charge in [0.2, 0.25) is 5.91 Å². The summed E-state index contributed by atoms with van der Waals surface area (Å²) in [5.74, 6) is -0.671. The van der Waals surface area contributed by atoms with Gasteiger partial charge in [-0.1, -0.05) is 0 Å². The molecule has 8 nitrogen and oxygen atoms in total. The Bertz CT molecular complexity index is 459. The first-order valence-electron chi connectivity index (χ1n) is 7.55. The largest absolute Gasteiger partial charge is 0.467 e. The average molecular weight is 329 g/mol. The predicted octanol–water partition coefficient (Wildman–Crippen LogP) is 0.215. The van der Waals surface area contributed by atoms with Crippen molar-refractivity contribution in [2.24, 2.45) is 0 Å². The van der Waals surface area contributed by atoms with Crippen molar-refractivity contribution in [1.82, 2.24) is 15.1 Å². The second kappa shape index (κ2) is 7.63. The Morgan fingerprint density at radius 2 is 1.87 bits per heavy atom. The number of likely N-dealkylation sites (tertiary alicyclic amines) is 1. The molecular weight excluding hydrogens is 302 g/mol. The Labute approximate surface area is 137 Å². The summed E-state index contributed by atoms with van der Waals surface area (Å²) in [7, 11) is 4.85. The van der Waals surface area contributed by atoms with Crippen LogP contribution < -0.4 is 5.32 Å². The van der Waals surface area contributed by atoms with Crippen LogP contribution in [0, 0.1) is 0 Å². The molecule has 0 aliphatic carbocycles. The predicted molar refractivity (Wildman–Crippen MR) is 83.8 cm³/mol. The van der Waals surface area contributed by atoms with Crippen LogP contribution in [-0.2, 0) is 19.1 Å². The van der Waals surface area contributed by atoms with E-state index in [4.69, 9.17) is 9.47 Å². The minimum atomic E-state index is -0.750. The first kappa shape index (κ1) is 19.2. The highest BCUT2D eigenvalue weighted by atomic mass is 16.6. The van der Waals surface area contributed by atoms with Crippen molar-refractivity contribution in [3.63, 3.8) is 0 Å². The molecule has 2 amide bonds. The number of carbonyl (C=O) groups is 3. The second-order valence-corrected chi connectivity index (χ2v) is 6.91. The number of esters is 1. The molecule has 0 spiro atoms. The summed E-state index contributed by atoms with van der Waals surface area (Å²) in [4.78, 5) is 39.1. The van der Waals surface area contributed by atoms with Crippen molar-refractivity contribution in [1.29, 1.82) is 0 Å². The third-order valence-electron chi connectivity index (χ3n) is 3.23. The van der Waals surface area contributed by atoms with Gasteiger partial charge in [0, 0.05) is 19.0 Å². The van der Waals surface area contributed by atoms with Crippen molar-refractivity contribution >= 4 is 18.0 Å². The van der Waals surface area contributed by atoms with Crippen molar-refractivity contribution in [2.45, 2.75) is 44.9 Å². The second-order valence-electron chi connectivity index (χ2n) is 6.91. The maximum absolute atomic E-state index is 12.3. The third-order valence-corrected chi connectivity index (χ3v) is 3.23. The van der Waals surface area contributed by atoms with E-state index in [0.29, 0.717) is 6.42 Å². The molecule has 1 aliphatic heterocycles. The van der Waals surface area contributed by atoms with Crippen LogP contribution in [0.2, 0.25) is 0 Å². The Balaban J connectivity index is 2.77. The maximum Gasteiger partial charge on any atom is 0.411 e. The van der Waals surface area contributed by atoms with Crippen LogP contribution in [0.4, 0.5) is 4.79 Å². The van der Waals surface area contributed by atoms with E-state index in [1.807, 2.05) is 0 Å². The van der Waals surface area contributed by atoms with E-state index >= 15 is 0 Å². The number of hydrogen-bond donors (Lipinski definition) is 1. The summed E-state index contributed by atoms with van der Waals surface area (Å²) in [6.07, 6.45) is -0.275. The molecule has 1 fully saturated rings. The molecule has 8 heteroatoms. The molecule has 132 valence electrons. The van der Waals surface area contributed by atoms with Crippen LogP contribution in [0.1, 0.15) is 27.2 Å². The molecule has 0 aromatic heterocycles. The van der Waals surface area contributed by atoms with Gasteiger partial charge in [-0.25, -0.2) is 9.59 Å². The standard InChI is InChI=1S/C15H27N3O5/c1-15(2,3)23-14(21)18-8-10(7-11(18)13(20)22-6)16-12(19)9-17(4)5/h10-11H,7-9H2,1-6H3,(H,16,19)/t10?,11-/m0/s1. The number of ether oxygens (including phenoxy) is 2. The van der Waals surface area contributed by atoms with Crippen LogP contribution in [-0.4, -0.2) is 79.7 Å². The highest BCUT2D eigenvalue weighted by Crippen LogP contribution is 2.22. The maximum atomic E-state index is 12.3. The van der Waals surface area contributed by atoms with Gasteiger partial charge in [0.25, 0.3) is 0 Å². The first-order valence-corrected chi connectivity index (χ1v) is 7.55. The molecule has 1 heterocycles. The van der Waals surface area contributed by atoms with Crippen molar-refractivity contribution in [3.8, 4) is 0 Å². The Morgan fingerprint density at radius 3 is 2.35 bits per heavy atom. The van der Waals surface area contributed by atoms with Gasteiger partial charge in [-0.05, 0) is 34.9 Å². The number of amides is 2. The Kier molecular flexibility index (Phi) is 6.37. The number of methoxy groups -OCH3 is 1. The van der Waals surface area contributed by atoms with E-state index in [-0.39, 0.29) is 25.0 Å². The van der Waals surface area contributed by atoms with E-state index < -0.39 is 23.7 Å². The zero-order valence-corrected chi connectivity index (χ0v) is 14.7. The summed E-state index contributed by atoms with van der Waals surface area (Å²) in [6, 6.07) is -1.06. The average Bonchev–Trinajstić information content (AvgIpc) is 2.78. The summed E-state index contributed by atoms with van der Waals surface area (Å²) >= 11 is 0. The normalized spacial score (nSPS) is 21.3. The smallest absolute Gasteiger partial charge is 0.411 e. The zero-order chi connectivity index (χ0) is 17.8. The van der Waals surface area contributed by atoms with E-state index in [1.54, 1.807) is 39.8 Å². The molecule has 1 unspecified atom stereocenters. The summed E-state index contributed by atoms with van der Waals surface area (Å²) in [5.41, 5.74) is -0.663. The van der Waals surface area contributed by atoms with Gasteiger partial charge in [0.15, 0.2) is 0 Å². The minimum Gasteiger partial charge on any atom is -0.467 e. The number of carbonyl (C=O) groups excluding carboxylic acids is 3. The quantitative estimate of drug-likeness (QED) is 0.742. The monoisotopic (exact) mass is 329 g/mol. The molecule has 0 bridgehead atoms. The lowest BCUT2D eigenvalue weighted by Crippen LogP contribution is -2.45. The molecule has 0 radical (unpaired) electrons. The van der Waals surface area contributed by atoms with Gasteiger partial charge < -0.3 is 19.7 Å². The van der Waals surface area contributed by atoms with Crippen LogP contribution in [0.3, 0.4) is 0 Å². The van der Waals surface area contributed by atoms with Crippen LogP contribution in [0.5, 0.6) is 0 Å². The molecule has 1 rings (SSSR count). The minimum absolute atomic E-state index is 0.158. The Hall–Kier alpha value is -1.83. The van der Waals surface area contributed by atoms with Gasteiger partial charge in [-0.15, -0.1) is 0 Å². The lowest BCUT2D eigenvalue weighted by atomic mass is 10.1. The third kappa shape index (κ3) is 6.05. The summed E-state index contributed by atoms with van der Waals surface area (Å²) < 4.78 is 10.1. The van der Waals surface area contributed by atoms with Crippen LogP contribution in [0.25, 0.3) is 0 Å². The molecule has 0 aromatic rings. The fraction of sp³-hybridized carbons (Fsp3) is 0.800. The molecule has 2 atom stereocenters. The Morgan fingerprint density at radius 1 is 1.26 bits per heavy atom. The first-order chi connectivity index (χ1) is 10.5. The van der Waals surface area contributed by atoms with Gasteiger partial charge in [-0.2, -0.15) is 0 Å². The summed E-state index contributed by atoms with van der Waals surface area (Å²) in [6.45, 7) is 5.72. The van der Waals surface area contributed by atoms with Gasteiger partial charge in [0.1, 0.15) is 11.6 Å². The van der Waals surface area contributed by atoms with Crippen molar-refractivity contribution in [3.05, 3.63) is 0 Å². The topological polar surface area (TPSA) is 88.2 Å².